The maximum atomic E-state index is 13.9. The Morgan fingerprint density at radius 3 is 2.55 bits per heavy atom. The molecule has 2 aromatic carbocycles. The molecule has 0 radical (unpaired) electrons. The molecule has 0 aliphatic carbocycles. The average molecular weight is 487 g/mol. The van der Waals surface area contributed by atoms with Gasteiger partial charge in [0.25, 0.3) is 0 Å². The van der Waals surface area contributed by atoms with Gasteiger partial charge in [-0.15, -0.1) is 0 Å². The van der Waals surface area contributed by atoms with E-state index < -0.39 is 0 Å². The normalized spacial score (nSPS) is 10.9. The van der Waals surface area contributed by atoms with Crippen molar-refractivity contribution in [1.82, 2.24) is 19.6 Å². The Labute approximate surface area is 200 Å². The largest absolute Gasteiger partial charge is 0.329 e. The minimum Gasteiger partial charge on any atom is -0.329 e. The highest BCUT2D eigenvalue weighted by molar-refractivity contribution is 7.80. The van der Waals surface area contributed by atoms with Crippen molar-refractivity contribution in [3.63, 3.8) is 0 Å². The van der Waals surface area contributed by atoms with Crippen LogP contribution in [-0.2, 0) is 13.1 Å². The van der Waals surface area contributed by atoms with Gasteiger partial charge in [-0.2, -0.15) is 10.2 Å². The lowest BCUT2D eigenvalue weighted by Gasteiger charge is -2.10. The van der Waals surface area contributed by atoms with Gasteiger partial charge in [0.15, 0.2) is 10.9 Å². The molecular weight excluding hydrogens is 466 g/mol. The zero-order chi connectivity index (χ0) is 23.5. The Morgan fingerprint density at radius 2 is 1.79 bits per heavy atom. The summed E-state index contributed by atoms with van der Waals surface area (Å²) in [6, 6.07) is 12.6. The van der Waals surface area contributed by atoms with E-state index in [-0.39, 0.29) is 11.6 Å². The molecule has 0 aliphatic rings. The molecule has 0 atom stereocenters. The quantitative estimate of drug-likeness (QED) is 0.351. The standard InChI is InChI=1S/C23H21ClF2N6S/c1-14-22(15(2)32(29-14)13-16-7-8-18(25)11-19(16)24)28-23(33)27-21-9-10-31(30-21)12-17-5-3-4-6-20(17)26/h3-11H,12-13H2,1-2H3,(H2,27,28,30,33). The number of benzene rings is 2. The van der Waals surface area contributed by atoms with Gasteiger partial charge in [0.1, 0.15) is 11.6 Å². The number of anilines is 2. The van der Waals surface area contributed by atoms with Gasteiger partial charge >= 0.3 is 0 Å². The minimum atomic E-state index is -0.382. The van der Waals surface area contributed by atoms with Crippen molar-refractivity contribution in [3.8, 4) is 0 Å². The summed E-state index contributed by atoms with van der Waals surface area (Å²) in [6.45, 7) is 4.48. The van der Waals surface area contributed by atoms with Gasteiger partial charge in [-0.25, -0.2) is 8.78 Å². The smallest absolute Gasteiger partial charge is 0.176 e. The Morgan fingerprint density at radius 1 is 1.00 bits per heavy atom. The Hall–Kier alpha value is -3.30. The van der Waals surface area contributed by atoms with E-state index in [2.05, 4.69) is 20.8 Å². The molecule has 4 rings (SSSR count). The van der Waals surface area contributed by atoms with Crippen LogP contribution in [0.1, 0.15) is 22.5 Å². The van der Waals surface area contributed by atoms with E-state index in [0.717, 1.165) is 22.6 Å². The van der Waals surface area contributed by atoms with E-state index in [1.165, 1.54) is 18.2 Å². The van der Waals surface area contributed by atoms with E-state index in [1.807, 2.05) is 13.8 Å². The average Bonchev–Trinajstić information content (AvgIpc) is 3.31. The molecule has 2 heterocycles. The summed E-state index contributed by atoms with van der Waals surface area (Å²) < 4.78 is 30.6. The van der Waals surface area contributed by atoms with Crippen LogP contribution in [-0.4, -0.2) is 24.7 Å². The molecular formula is C23H21ClF2N6S. The molecule has 0 unspecified atom stereocenters. The molecule has 0 spiro atoms. The van der Waals surface area contributed by atoms with Crippen LogP contribution < -0.4 is 10.6 Å². The number of hydrogen-bond acceptors (Lipinski definition) is 3. The fraction of sp³-hybridized carbons (Fsp3) is 0.174. The van der Waals surface area contributed by atoms with Crippen LogP contribution in [0.25, 0.3) is 0 Å². The number of rotatable bonds is 6. The first-order valence-corrected chi connectivity index (χ1v) is 10.9. The first-order chi connectivity index (χ1) is 15.8. The highest BCUT2D eigenvalue weighted by Crippen LogP contribution is 2.24. The van der Waals surface area contributed by atoms with Crippen LogP contribution >= 0.6 is 23.8 Å². The van der Waals surface area contributed by atoms with Crippen molar-refractivity contribution in [2.24, 2.45) is 0 Å². The highest BCUT2D eigenvalue weighted by atomic mass is 35.5. The summed E-state index contributed by atoms with van der Waals surface area (Å²) in [5.41, 5.74) is 3.67. The van der Waals surface area contributed by atoms with E-state index in [0.29, 0.717) is 34.6 Å². The summed E-state index contributed by atoms with van der Waals surface area (Å²) in [7, 11) is 0. The fourth-order valence-electron chi connectivity index (χ4n) is 3.42. The fourth-order valence-corrected chi connectivity index (χ4v) is 3.86. The Balaban J connectivity index is 1.42. The monoisotopic (exact) mass is 486 g/mol. The van der Waals surface area contributed by atoms with E-state index >= 15 is 0 Å². The second-order valence-electron chi connectivity index (χ2n) is 7.51. The van der Waals surface area contributed by atoms with Crippen molar-refractivity contribution in [1.29, 1.82) is 0 Å². The minimum absolute atomic E-state index is 0.274. The number of nitrogens with one attached hydrogen (secondary N) is 2. The van der Waals surface area contributed by atoms with Crippen molar-refractivity contribution in [2.75, 3.05) is 10.6 Å². The van der Waals surface area contributed by atoms with Crippen molar-refractivity contribution >= 4 is 40.4 Å². The van der Waals surface area contributed by atoms with E-state index in [9.17, 15) is 8.78 Å². The Bertz CT molecular complexity index is 1320. The Kier molecular flexibility index (Phi) is 6.71. The van der Waals surface area contributed by atoms with Crippen LogP contribution in [0, 0.1) is 25.5 Å². The molecule has 4 aromatic rings. The summed E-state index contributed by atoms with van der Waals surface area (Å²) in [5, 5.41) is 15.8. The van der Waals surface area contributed by atoms with Crippen LogP contribution in [0.5, 0.6) is 0 Å². The summed E-state index contributed by atoms with van der Waals surface area (Å²) in [4.78, 5) is 0. The molecule has 2 N–H and O–H groups in total. The van der Waals surface area contributed by atoms with Gasteiger partial charge < -0.3 is 10.6 Å². The van der Waals surface area contributed by atoms with Gasteiger partial charge in [0, 0.05) is 22.8 Å². The van der Waals surface area contributed by atoms with Crippen molar-refractivity contribution in [3.05, 3.63) is 93.9 Å². The molecule has 0 saturated carbocycles. The number of hydrogen-bond donors (Lipinski definition) is 2. The first-order valence-electron chi connectivity index (χ1n) is 10.1. The zero-order valence-corrected chi connectivity index (χ0v) is 19.5. The lowest BCUT2D eigenvalue weighted by Crippen LogP contribution is -2.20. The maximum absolute atomic E-state index is 13.9. The summed E-state index contributed by atoms with van der Waals surface area (Å²) in [6.07, 6.45) is 1.75. The van der Waals surface area contributed by atoms with Gasteiger partial charge in [-0.05, 0) is 49.8 Å². The van der Waals surface area contributed by atoms with Crippen LogP contribution in [0.4, 0.5) is 20.3 Å². The molecule has 170 valence electrons. The van der Waals surface area contributed by atoms with Crippen LogP contribution in [0.15, 0.2) is 54.7 Å². The molecule has 10 heteroatoms. The SMILES string of the molecule is Cc1nn(Cc2ccc(F)cc2Cl)c(C)c1NC(=S)Nc1ccn(Cc2ccccc2F)n1. The molecule has 33 heavy (non-hydrogen) atoms. The predicted molar refractivity (Wildman–Crippen MR) is 130 cm³/mol. The van der Waals surface area contributed by atoms with E-state index in [1.54, 1.807) is 45.9 Å². The number of thiocarbonyl (C=S) groups is 1. The molecule has 0 aliphatic heterocycles. The topological polar surface area (TPSA) is 59.7 Å². The van der Waals surface area contributed by atoms with Crippen molar-refractivity contribution < 1.29 is 8.78 Å². The molecule has 0 fully saturated rings. The lowest BCUT2D eigenvalue weighted by molar-refractivity contribution is 0.586. The highest BCUT2D eigenvalue weighted by Gasteiger charge is 2.15. The van der Waals surface area contributed by atoms with Gasteiger partial charge in [-0.1, -0.05) is 35.9 Å². The predicted octanol–water partition coefficient (Wildman–Crippen LogP) is 5.53. The van der Waals surface area contributed by atoms with Crippen molar-refractivity contribution in [2.45, 2.75) is 26.9 Å². The third-order valence-corrected chi connectivity index (χ3v) is 5.68. The number of aromatic nitrogens is 4. The number of nitrogens with zero attached hydrogens (tertiary/aromatic N) is 4. The molecule has 0 amide bonds. The molecule has 6 nitrogen and oxygen atoms in total. The van der Waals surface area contributed by atoms with Gasteiger partial charge in [-0.3, -0.25) is 9.36 Å². The lowest BCUT2D eigenvalue weighted by atomic mass is 10.2. The molecule has 0 saturated heterocycles. The van der Waals surface area contributed by atoms with Gasteiger partial charge in [0.05, 0.1) is 30.2 Å². The zero-order valence-electron chi connectivity index (χ0n) is 17.9. The number of halogens is 3. The second kappa shape index (κ2) is 9.68. The molecule has 0 bridgehead atoms. The third kappa shape index (κ3) is 5.37. The third-order valence-electron chi connectivity index (χ3n) is 5.13. The van der Waals surface area contributed by atoms with E-state index in [4.69, 9.17) is 23.8 Å². The number of aryl methyl sites for hydroxylation is 1. The first kappa shape index (κ1) is 22.9. The summed E-state index contributed by atoms with van der Waals surface area (Å²) in [5.74, 6) is -0.124. The maximum Gasteiger partial charge on any atom is 0.176 e. The van der Waals surface area contributed by atoms with Crippen LogP contribution in [0.2, 0.25) is 5.02 Å². The van der Waals surface area contributed by atoms with Gasteiger partial charge in [0.2, 0.25) is 0 Å². The molecule has 2 aromatic heterocycles. The second-order valence-corrected chi connectivity index (χ2v) is 8.32. The van der Waals surface area contributed by atoms with Crippen LogP contribution in [0.3, 0.4) is 0 Å². The summed E-state index contributed by atoms with van der Waals surface area (Å²) >= 11 is 11.6.